The molecule has 0 saturated heterocycles. The van der Waals surface area contributed by atoms with E-state index in [-0.39, 0.29) is 32.2 Å². The molecule has 0 radical (unpaired) electrons. The first kappa shape index (κ1) is 84.2. The van der Waals surface area contributed by atoms with E-state index in [4.69, 9.17) is 18.9 Å². The van der Waals surface area contributed by atoms with Crippen molar-refractivity contribution in [2.24, 2.45) is 0 Å². The van der Waals surface area contributed by atoms with Gasteiger partial charge < -0.3 is 33.3 Å². The molecule has 0 aromatic carbocycles. The maximum absolute atomic E-state index is 13.0. The Kier molecular flexibility index (Phi) is 67.0. The van der Waals surface area contributed by atoms with E-state index in [1.807, 2.05) is 21.1 Å². The number of carbonyl (C=O) groups is 3. The Bertz CT molecular complexity index is 1570. The number of carboxylic acid groups (broad SMARTS) is 1. The van der Waals surface area contributed by atoms with Crippen molar-refractivity contribution < 1.29 is 42.9 Å². The van der Waals surface area contributed by atoms with Crippen LogP contribution in [0.5, 0.6) is 0 Å². The molecule has 87 heavy (non-hydrogen) atoms. The number of rotatable bonds is 71. The van der Waals surface area contributed by atoms with Crippen molar-refractivity contribution in [2.75, 3.05) is 47.5 Å². The summed E-state index contributed by atoms with van der Waals surface area (Å²) in [5.74, 6) is -2.25. The standard InChI is InChI=1S/C78H145NO8/c1-6-8-10-12-14-16-18-20-22-24-26-28-30-31-32-33-34-35-36-37-38-39-40-41-42-43-44-45-47-49-51-53-55-57-59-61-63-65-67-69-76(81)87-74(73-86-78(77(82)83)84-71-70-79(3,4)5)72-85-75(80)68-66-64-62-60-58-56-54-52-50-48-46-29-27-25-23-21-19-17-15-13-11-9-7-2/h8,10,14,16,20,22,26,28,74,78H,6-7,9,11-13,15,17-19,21,23-25,27,29-73H2,1-5H3/b10-8-,16-14-,22-20-,28-26-. The number of esters is 2. The van der Waals surface area contributed by atoms with Gasteiger partial charge in [-0.05, 0) is 51.4 Å². The number of allylic oxidation sites excluding steroid dienone is 8. The molecule has 510 valence electrons. The zero-order valence-electron chi connectivity index (χ0n) is 58.4. The molecule has 0 aromatic heterocycles. The van der Waals surface area contributed by atoms with Gasteiger partial charge in [0.25, 0.3) is 0 Å². The second-order valence-electron chi connectivity index (χ2n) is 26.9. The second-order valence-corrected chi connectivity index (χ2v) is 26.9. The largest absolute Gasteiger partial charge is 0.545 e. The average molecular weight is 1230 g/mol. The van der Waals surface area contributed by atoms with Gasteiger partial charge in [0, 0.05) is 12.8 Å². The minimum Gasteiger partial charge on any atom is -0.545 e. The molecule has 2 atom stereocenters. The highest BCUT2D eigenvalue weighted by Crippen LogP contribution is 2.19. The summed E-state index contributed by atoms with van der Waals surface area (Å²) in [6.07, 6.45) is 86.5. The van der Waals surface area contributed by atoms with Crippen LogP contribution < -0.4 is 5.11 Å². The van der Waals surface area contributed by atoms with Crippen LogP contribution in [-0.4, -0.2) is 82.3 Å². The third-order valence-electron chi connectivity index (χ3n) is 17.1. The van der Waals surface area contributed by atoms with E-state index >= 15 is 0 Å². The minimum atomic E-state index is -1.62. The van der Waals surface area contributed by atoms with Gasteiger partial charge in [0.05, 0.1) is 40.3 Å². The van der Waals surface area contributed by atoms with E-state index < -0.39 is 24.3 Å². The summed E-state index contributed by atoms with van der Waals surface area (Å²) in [6.45, 7) is 4.71. The van der Waals surface area contributed by atoms with Crippen LogP contribution in [0.4, 0.5) is 0 Å². The molecule has 0 amide bonds. The van der Waals surface area contributed by atoms with Crippen LogP contribution in [0.2, 0.25) is 0 Å². The molecule has 0 aliphatic heterocycles. The summed E-state index contributed by atoms with van der Waals surface area (Å²) in [4.78, 5) is 37.5. The molecular weight excluding hydrogens is 1080 g/mol. The number of carboxylic acids is 1. The van der Waals surface area contributed by atoms with E-state index in [0.717, 1.165) is 64.2 Å². The molecule has 0 spiro atoms. The number of likely N-dealkylation sites (N-methyl/N-ethyl adjacent to an activating group) is 1. The zero-order chi connectivity index (χ0) is 63.3. The van der Waals surface area contributed by atoms with Gasteiger partial charge in [-0.25, -0.2) is 0 Å². The summed E-state index contributed by atoms with van der Waals surface area (Å²) in [6, 6.07) is 0. The van der Waals surface area contributed by atoms with Crippen LogP contribution in [0.3, 0.4) is 0 Å². The van der Waals surface area contributed by atoms with E-state index in [1.165, 1.54) is 283 Å². The highest BCUT2D eigenvalue weighted by atomic mass is 16.7. The Morgan fingerprint density at radius 1 is 0.356 bits per heavy atom. The van der Waals surface area contributed by atoms with Crippen LogP contribution in [0.1, 0.15) is 373 Å². The van der Waals surface area contributed by atoms with Gasteiger partial charge in [-0.15, -0.1) is 0 Å². The number of aliphatic carboxylic acids is 1. The van der Waals surface area contributed by atoms with Gasteiger partial charge in [-0.3, -0.25) is 9.59 Å². The Morgan fingerprint density at radius 3 is 0.977 bits per heavy atom. The molecule has 9 heteroatoms. The predicted molar refractivity (Wildman–Crippen MR) is 371 cm³/mol. The van der Waals surface area contributed by atoms with Crippen molar-refractivity contribution >= 4 is 17.9 Å². The fourth-order valence-electron chi connectivity index (χ4n) is 11.4. The lowest BCUT2D eigenvalue weighted by Gasteiger charge is -2.26. The predicted octanol–water partition coefficient (Wildman–Crippen LogP) is 22.4. The van der Waals surface area contributed by atoms with E-state index in [1.54, 1.807) is 0 Å². The summed E-state index contributed by atoms with van der Waals surface area (Å²) in [5.41, 5.74) is 0. The lowest BCUT2D eigenvalue weighted by Crippen LogP contribution is -2.44. The summed E-state index contributed by atoms with van der Waals surface area (Å²) in [5, 5.41) is 11.8. The van der Waals surface area contributed by atoms with Gasteiger partial charge in [-0.1, -0.05) is 358 Å². The number of quaternary nitrogens is 1. The highest BCUT2D eigenvalue weighted by Gasteiger charge is 2.22. The highest BCUT2D eigenvalue weighted by molar-refractivity contribution is 5.70. The first-order valence-electron chi connectivity index (χ1n) is 37.8. The topological polar surface area (TPSA) is 111 Å². The summed E-state index contributed by atoms with van der Waals surface area (Å²) in [7, 11) is 5.95. The Morgan fingerprint density at radius 2 is 0.655 bits per heavy atom. The molecule has 0 rings (SSSR count). The third kappa shape index (κ3) is 70.6. The monoisotopic (exact) mass is 1220 g/mol. The average Bonchev–Trinajstić information content (AvgIpc) is 3.55. The number of nitrogens with zero attached hydrogens (tertiary/aromatic N) is 1. The molecule has 0 N–H and O–H groups in total. The molecule has 0 aliphatic rings. The van der Waals surface area contributed by atoms with Gasteiger partial charge in [0.2, 0.25) is 0 Å². The first-order chi connectivity index (χ1) is 42.6. The van der Waals surface area contributed by atoms with E-state index in [0.29, 0.717) is 17.4 Å². The number of ether oxygens (including phenoxy) is 4. The smallest absolute Gasteiger partial charge is 0.306 e. The maximum Gasteiger partial charge on any atom is 0.306 e. The second kappa shape index (κ2) is 69.1. The van der Waals surface area contributed by atoms with Crippen molar-refractivity contribution in [1.82, 2.24) is 0 Å². The van der Waals surface area contributed by atoms with Crippen LogP contribution in [0, 0.1) is 0 Å². The normalized spacial score (nSPS) is 12.9. The maximum atomic E-state index is 13.0. The Hall–Kier alpha value is -2.75. The van der Waals surface area contributed by atoms with Crippen molar-refractivity contribution in [3.05, 3.63) is 48.6 Å². The van der Waals surface area contributed by atoms with Crippen LogP contribution in [0.25, 0.3) is 0 Å². The van der Waals surface area contributed by atoms with Crippen molar-refractivity contribution in [3.63, 3.8) is 0 Å². The first-order valence-corrected chi connectivity index (χ1v) is 37.8. The molecule has 0 saturated carbocycles. The number of unbranched alkanes of at least 4 members (excludes halogenated alkanes) is 48. The van der Waals surface area contributed by atoms with Crippen LogP contribution >= 0.6 is 0 Å². The fraction of sp³-hybridized carbons (Fsp3) is 0.859. The van der Waals surface area contributed by atoms with Crippen molar-refractivity contribution in [3.8, 4) is 0 Å². The number of hydrogen-bond donors (Lipinski definition) is 0. The minimum absolute atomic E-state index is 0.151. The van der Waals surface area contributed by atoms with Crippen LogP contribution in [0.15, 0.2) is 48.6 Å². The van der Waals surface area contributed by atoms with Gasteiger partial charge >= 0.3 is 11.9 Å². The molecule has 0 aliphatic carbocycles. The van der Waals surface area contributed by atoms with Crippen molar-refractivity contribution in [2.45, 2.75) is 386 Å². The SMILES string of the molecule is CC/C=C\C/C=C\C/C=C\C/C=C\CCCCCCCCCCCCCCCCCCCCCCCCCCCCC(=O)OC(COC(=O)CCCCCCCCCCCCCCCCCCCCCCCCC)COC(OCC[N+](C)(C)C)C(=O)[O-]. The molecular formula is C78H145NO8. The number of hydrogen-bond acceptors (Lipinski definition) is 8. The van der Waals surface area contributed by atoms with Gasteiger partial charge in [0.1, 0.15) is 13.2 Å². The van der Waals surface area contributed by atoms with Crippen molar-refractivity contribution in [1.29, 1.82) is 0 Å². The lowest BCUT2D eigenvalue weighted by molar-refractivity contribution is -0.870. The molecule has 2 unspecified atom stereocenters. The zero-order valence-corrected chi connectivity index (χ0v) is 58.4. The van der Waals surface area contributed by atoms with Gasteiger partial charge in [-0.2, -0.15) is 0 Å². The Balaban J connectivity index is 3.96. The van der Waals surface area contributed by atoms with E-state index in [9.17, 15) is 19.5 Å². The summed E-state index contributed by atoms with van der Waals surface area (Å²) < 4.78 is 22.9. The molecule has 0 fully saturated rings. The number of carbonyl (C=O) groups excluding carboxylic acids is 3. The fourth-order valence-corrected chi connectivity index (χ4v) is 11.4. The molecule has 9 nitrogen and oxygen atoms in total. The molecule has 0 aromatic rings. The van der Waals surface area contributed by atoms with Gasteiger partial charge in [0.15, 0.2) is 12.4 Å². The lowest BCUT2D eigenvalue weighted by atomic mass is 10.0. The third-order valence-corrected chi connectivity index (χ3v) is 17.1. The molecule has 0 bridgehead atoms. The van der Waals surface area contributed by atoms with E-state index in [2.05, 4.69) is 62.5 Å². The summed E-state index contributed by atoms with van der Waals surface area (Å²) >= 11 is 0. The molecule has 0 heterocycles. The quantitative estimate of drug-likeness (QED) is 0.0195. The Labute approximate surface area is 540 Å². The van der Waals surface area contributed by atoms with Crippen LogP contribution in [-0.2, 0) is 33.3 Å².